The fourth-order valence-electron chi connectivity index (χ4n) is 1.37. The van der Waals surface area contributed by atoms with Crippen molar-refractivity contribution in [2.75, 3.05) is 11.9 Å². The number of rotatable bonds is 4. The van der Waals surface area contributed by atoms with Crippen molar-refractivity contribution in [2.24, 2.45) is 5.92 Å². The van der Waals surface area contributed by atoms with Gasteiger partial charge in [-0.1, -0.05) is 13.8 Å². The number of H-pyrrole nitrogens is 1. The van der Waals surface area contributed by atoms with Gasteiger partial charge in [-0.2, -0.15) is 9.97 Å². The summed E-state index contributed by atoms with van der Waals surface area (Å²) >= 11 is 5.78. The summed E-state index contributed by atoms with van der Waals surface area (Å²) in [5.41, 5.74) is 1.19. The number of nitrogens with one attached hydrogen (secondary N) is 2. The molecular formula is C10H14ClN5O. The number of hydrogen-bond acceptors (Lipinski definition) is 5. The summed E-state index contributed by atoms with van der Waals surface area (Å²) in [5, 5.41) is 12.9. The van der Waals surface area contributed by atoms with E-state index in [4.69, 9.17) is 11.6 Å². The summed E-state index contributed by atoms with van der Waals surface area (Å²) in [4.78, 5) is 15.0. The number of aliphatic hydroxyl groups excluding tert-OH is 1. The first-order valence-electron chi connectivity index (χ1n) is 5.36. The van der Waals surface area contributed by atoms with Crippen LogP contribution < -0.4 is 5.32 Å². The number of aromatic nitrogens is 4. The van der Waals surface area contributed by atoms with Gasteiger partial charge in [0.2, 0.25) is 5.28 Å². The topological polar surface area (TPSA) is 86.7 Å². The second-order valence-corrected chi connectivity index (χ2v) is 4.47. The largest absolute Gasteiger partial charge is 0.391 e. The van der Waals surface area contributed by atoms with Crippen LogP contribution in [0.1, 0.15) is 13.8 Å². The number of imidazole rings is 1. The van der Waals surface area contributed by atoms with Crippen LogP contribution in [-0.2, 0) is 0 Å². The van der Waals surface area contributed by atoms with Gasteiger partial charge in [0, 0.05) is 6.54 Å². The molecule has 7 heteroatoms. The van der Waals surface area contributed by atoms with E-state index >= 15 is 0 Å². The van der Waals surface area contributed by atoms with Crippen LogP contribution in [0.3, 0.4) is 0 Å². The minimum Gasteiger partial charge on any atom is -0.391 e. The second-order valence-electron chi connectivity index (χ2n) is 4.13. The highest BCUT2D eigenvalue weighted by Gasteiger charge is 2.12. The Balaban J connectivity index is 2.20. The van der Waals surface area contributed by atoms with Crippen LogP contribution >= 0.6 is 11.6 Å². The molecule has 0 bridgehead atoms. The van der Waals surface area contributed by atoms with Gasteiger partial charge in [0.05, 0.1) is 12.4 Å². The van der Waals surface area contributed by atoms with Crippen LogP contribution in [0.5, 0.6) is 0 Å². The van der Waals surface area contributed by atoms with E-state index in [1.165, 1.54) is 6.33 Å². The van der Waals surface area contributed by atoms with Gasteiger partial charge < -0.3 is 15.4 Å². The van der Waals surface area contributed by atoms with Gasteiger partial charge in [-0.25, -0.2) is 4.98 Å². The molecule has 2 aromatic rings. The molecule has 2 heterocycles. The maximum Gasteiger partial charge on any atom is 0.226 e. The van der Waals surface area contributed by atoms with Crippen molar-refractivity contribution < 1.29 is 5.11 Å². The maximum absolute atomic E-state index is 9.72. The first-order valence-corrected chi connectivity index (χ1v) is 5.74. The minimum absolute atomic E-state index is 0.131. The van der Waals surface area contributed by atoms with Crippen LogP contribution in [0, 0.1) is 5.92 Å². The highest BCUT2D eigenvalue weighted by molar-refractivity contribution is 6.28. The second kappa shape index (κ2) is 4.85. The third-order valence-corrected chi connectivity index (χ3v) is 2.68. The third kappa shape index (κ3) is 2.65. The smallest absolute Gasteiger partial charge is 0.226 e. The van der Waals surface area contributed by atoms with Crippen molar-refractivity contribution in [1.82, 2.24) is 19.9 Å². The van der Waals surface area contributed by atoms with E-state index in [9.17, 15) is 5.11 Å². The zero-order valence-electron chi connectivity index (χ0n) is 9.61. The molecule has 0 spiro atoms. The first-order chi connectivity index (χ1) is 8.08. The number of fused-ring (bicyclic) bond motifs is 1. The summed E-state index contributed by atoms with van der Waals surface area (Å²) in [5.74, 6) is 0.731. The quantitative estimate of drug-likeness (QED) is 0.720. The Kier molecular flexibility index (Phi) is 3.44. The lowest BCUT2D eigenvalue weighted by molar-refractivity contribution is 0.138. The normalized spacial score (nSPS) is 13.2. The van der Waals surface area contributed by atoms with Gasteiger partial charge >= 0.3 is 0 Å². The van der Waals surface area contributed by atoms with Crippen molar-refractivity contribution in [3.8, 4) is 0 Å². The molecule has 0 aliphatic rings. The number of nitrogens with zero attached hydrogens (tertiary/aromatic N) is 3. The minimum atomic E-state index is -0.443. The van der Waals surface area contributed by atoms with Crippen molar-refractivity contribution in [2.45, 2.75) is 20.0 Å². The molecule has 0 saturated carbocycles. The lowest BCUT2D eigenvalue weighted by Gasteiger charge is -2.15. The SMILES string of the molecule is CC(C)C(O)CNc1nc(Cl)nc2nc[nH]c12. The molecule has 3 N–H and O–H groups in total. The van der Waals surface area contributed by atoms with Gasteiger partial charge in [-0.15, -0.1) is 0 Å². The lowest BCUT2D eigenvalue weighted by atomic mass is 10.1. The molecule has 0 aromatic carbocycles. The van der Waals surface area contributed by atoms with Crippen LogP contribution in [0.4, 0.5) is 5.82 Å². The average molecular weight is 256 g/mol. The van der Waals surface area contributed by atoms with E-state index in [1.54, 1.807) is 0 Å². The van der Waals surface area contributed by atoms with Crippen molar-refractivity contribution >= 4 is 28.6 Å². The fraction of sp³-hybridized carbons (Fsp3) is 0.500. The predicted octanol–water partition coefficient (Wildman–Crippen LogP) is 1.44. The number of halogens is 1. The molecule has 17 heavy (non-hydrogen) atoms. The van der Waals surface area contributed by atoms with Crippen LogP contribution in [0.2, 0.25) is 5.28 Å². The molecular weight excluding hydrogens is 242 g/mol. The Morgan fingerprint density at radius 2 is 2.24 bits per heavy atom. The molecule has 0 fully saturated rings. The van der Waals surface area contributed by atoms with Gasteiger partial charge in [-0.3, -0.25) is 0 Å². The zero-order valence-corrected chi connectivity index (χ0v) is 10.4. The Morgan fingerprint density at radius 3 is 2.94 bits per heavy atom. The molecule has 6 nitrogen and oxygen atoms in total. The molecule has 0 radical (unpaired) electrons. The van der Waals surface area contributed by atoms with E-state index in [0.29, 0.717) is 23.5 Å². The highest BCUT2D eigenvalue weighted by atomic mass is 35.5. The summed E-state index contributed by atoms with van der Waals surface area (Å²) in [6.07, 6.45) is 1.08. The number of anilines is 1. The van der Waals surface area contributed by atoms with Crippen molar-refractivity contribution in [1.29, 1.82) is 0 Å². The van der Waals surface area contributed by atoms with E-state index in [0.717, 1.165) is 0 Å². The fourth-order valence-corrected chi connectivity index (χ4v) is 1.54. The molecule has 0 aliphatic carbocycles. The van der Waals surface area contributed by atoms with Crippen LogP contribution in [0.25, 0.3) is 11.2 Å². The van der Waals surface area contributed by atoms with E-state index in [1.807, 2.05) is 13.8 Å². The summed E-state index contributed by atoms with van der Waals surface area (Å²) < 4.78 is 0. The van der Waals surface area contributed by atoms with E-state index in [2.05, 4.69) is 25.3 Å². The molecule has 92 valence electrons. The van der Waals surface area contributed by atoms with Crippen molar-refractivity contribution in [3.05, 3.63) is 11.6 Å². The zero-order chi connectivity index (χ0) is 12.4. The lowest BCUT2D eigenvalue weighted by Crippen LogP contribution is -2.25. The van der Waals surface area contributed by atoms with Crippen LogP contribution in [0.15, 0.2) is 6.33 Å². The molecule has 2 aromatic heterocycles. The summed E-state index contributed by atoms with van der Waals surface area (Å²) in [7, 11) is 0. The predicted molar refractivity (Wildman–Crippen MR) is 66.0 cm³/mol. The van der Waals surface area contributed by atoms with Gasteiger partial charge in [0.15, 0.2) is 11.5 Å². The van der Waals surface area contributed by atoms with E-state index in [-0.39, 0.29) is 11.2 Å². The Morgan fingerprint density at radius 1 is 1.47 bits per heavy atom. The highest BCUT2D eigenvalue weighted by Crippen LogP contribution is 2.18. The average Bonchev–Trinajstić information content (AvgIpc) is 2.72. The van der Waals surface area contributed by atoms with Crippen LogP contribution in [-0.4, -0.2) is 37.7 Å². The molecule has 0 saturated heterocycles. The number of hydrogen-bond donors (Lipinski definition) is 3. The number of aliphatic hydroxyl groups is 1. The third-order valence-electron chi connectivity index (χ3n) is 2.51. The Hall–Kier alpha value is -1.40. The van der Waals surface area contributed by atoms with Gasteiger partial charge in [-0.05, 0) is 17.5 Å². The first kappa shape index (κ1) is 12.1. The maximum atomic E-state index is 9.72. The molecule has 1 unspecified atom stereocenters. The molecule has 0 amide bonds. The molecule has 0 aliphatic heterocycles. The van der Waals surface area contributed by atoms with Gasteiger partial charge in [0.1, 0.15) is 5.52 Å². The van der Waals surface area contributed by atoms with Gasteiger partial charge in [0.25, 0.3) is 0 Å². The van der Waals surface area contributed by atoms with Crippen molar-refractivity contribution in [3.63, 3.8) is 0 Å². The monoisotopic (exact) mass is 255 g/mol. The van der Waals surface area contributed by atoms with E-state index < -0.39 is 6.10 Å². The number of aromatic amines is 1. The Labute approximate surface area is 103 Å². The standard InChI is InChI=1S/C10H14ClN5O/c1-5(2)6(17)3-12-8-7-9(14-4-13-7)16-10(11)15-8/h4-6,17H,3H2,1-2H3,(H2,12,13,14,15,16). The molecule has 2 rings (SSSR count). The summed E-state index contributed by atoms with van der Waals surface area (Å²) in [6, 6.07) is 0. The summed E-state index contributed by atoms with van der Waals surface area (Å²) in [6.45, 7) is 4.30. The molecule has 1 atom stereocenters. The Bertz CT molecular complexity index is 512.